The molecule has 4 N–H and O–H groups in total. The minimum absolute atomic E-state index is 0.0591. The first-order valence-electron chi connectivity index (χ1n) is 11.2. The molecule has 190 valence electrons. The van der Waals surface area contributed by atoms with Crippen LogP contribution in [0, 0.1) is 11.8 Å². The highest BCUT2D eigenvalue weighted by atomic mass is 32.2. The van der Waals surface area contributed by atoms with Gasteiger partial charge in [-0.3, -0.25) is 9.59 Å². The highest BCUT2D eigenvalue weighted by Gasteiger charge is 2.60. The number of fused-ring (bicyclic) bond motifs is 1. The van der Waals surface area contributed by atoms with E-state index in [4.69, 9.17) is 4.84 Å². The molecule has 0 aliphatic carbocycles. The van der Waals surface area contributed by atoms with E-state index < -0.39 is 24.1 Å². The number of hydroxylamine groups is 2. The summed E-state index contributed by atoms with van der Waals surface area (Å²) in [4.78, 5) is 54.4. The van der Waals surface area contributed by atoms with Gasteiger partial charge in [0.05, 0.1) is 18.1 Å². The number of carbonyl (C=O) groups is 4. The second kappa shape index (κ2) is 11.2. The summed E-state index contributed by atoms with van der Waals surface area (Å²) < 4.78 is 0. The molecular weight excluding hydrogens is 484 g/mol. The number of carboxylic acid groups (broad SMARTS) is 1. The molecule has 11 nitrogen and oxygen atoms in total. The Hall–Kier alpha value is -1.96. The molecule has 6 atom stereocenters. The molecule has 0 aromatic heterocycles. The summed E-state index contributed by atoms with van der Waals surface area (Å²) in [7, 11) is 2.81. The molecule has 2 fully saturated rings. The molecule has 3 rings (SSSR count). The topological polar surface area (TPSA) is 149 Å². The number of nitrogens with one attached hydrogen (secondary N) is 2. The lowest BCUT2D eigenvalue weighted by Crippen LogP contribution is -2.63. The third-order valence-corrected chi connectivity index (χ3v) is 8.98. The van der Waals surface area contributed by atoms with Crippen molar-refractivity contribution in [3.63, 3.8) is 0 Å². The van der Waals surface area contributed by atoms with E-state index in [0.717, 1.165) is 23.8 Å². The van der Waals surface area contributed by atoms with Crippen LogP contribution in [0.25, 0.3) is 0 Å². The van der Waals surface area contributed by atoms with Crippen LogP contribution >= 0.6 is 23.5 Å². The monoisotopic (exact) mass is 516 g/mol. The van der Waals surface area contributed by atoms with E-state index in [1.165, 1.54) is 30.8 Å². The summed E-state index contributed by atoms with van der Waals surface area (Å²) in [6, 6.07) is -0.0724. The molecule has 3 aliphatic rings. The van der Waals surface area contributed by atoms with Gasteiger partial charge in [0.25, 0.3) is 5.91 Å². The Bertz CT molecular complexity index is 868. The Morgan fingerprint density at radius 3 is 2.71 bits per heavy atom. The second-order valence-electron chi connectivity index (χ2n) is 8.70. The molecule has 34 heavy (non-hydrogen) atoms. The maximum absolute atomic E-state index is 12.5. The first-order chi connectivity index (χ1) is 16.1. The largest absolute Gasteiger partial charge is 0.477 e. The Kier molecular flexibility index (Phi) is 8.77. The van der Waals surface area contributed by atoms with Gasteiger partial charge >= 0.3 is 12.1 Å². The molecule has 0 saturated carbocycles. The highest BCUT2D eigenvalue weighted by Crippen LogP contribution is 2.51. The van der Waals surface area contributed by atoms with Gasteiger partial charge < -0.3 is 30.6 Å². The number of amides is 3. The number of aliphatic hydroxyl groups excluding tert-OH is 1. The van der Waals surface area contributed by atoms with E-state index in [-0.39, 0.29) is 47.2 Å². The quantitative estimate of drug-likeness (QED) is 0.193. The summed E-state index contributed by atoms with van der Waals surface area (Å²) in [5.74, 6) is -1.04. The number of aliphatic hydroxyl groups is 1. The van der Waals surface area contributed by atoms with Crippen molar-refractivity contribution >= 4 is 47.4 Å². The summed E-state index contributed by atoms with van der Waals surface area (Å²) in [6.07, 6.45) is -0.430. The molecule has 2 saturated heterocycles. The van der Waals surface area contributed by atoms with Gasteiger partial charge in [0.2, 0.25) is 5.91 Å². The van der Waals surface area contributed by atoms with Crippen LogP contribution in [0.2, 0.25) is 0 Å². The summed E-state index contributed by atoms with van der Waals surface area (Å²) in [6.45, 7) is 4.22. The Balaban J connectivity index is 1.47. The number of aliphatic carboxylic acids is 1. The van der Waals surface area contributed by atoms with Gasteiger partial charge in [0, 0.05) is 60.7 Å². The number of carbonyl (C=O) groups excluding carboxylic acids is 3. The molecular formula is C21H32N4O7S2. The van der Waals surface area contributed by atoms with Gasteiger partial charge in [-0.15, -0.1) is 11.8 Å². The number of rotatable bonds is 9. The second-order valence-corrected chi connectivity index (χ2v) is 11.2. The van der Waals surface area contributed by atoms with E-state index in [1.54, 1.807) is 18.7 Å². The number of thioether (sulfide) groups is 2. The average molecular weight is 517 g/mol. The number of carboxylic acids is 1. The standard InChI is InChI=1S/C21H32N4O7S2/c1-10-16-15(11(2)26)19(28)25(16)17(20(29)30)18(10)34-13-7-12(23-8-13)9-33-6-5-14(27)24(4)32-21(31)22-3/h10-13,15-16,23,26H,5-9H2,1-4H3,(H,22,31)(H,29,30)/t10-,11?,12+,13+,15+,16-/m1/s1. The Morgan fingerprint density at radius 2 is 2.09 bits per heavy atom. The van der Waals surface area contributed by atoms with E-state index >= 15 is 0 Å². The van der Waals surface area contributed by atoms with Gasteiger partial charge in [0.15, 0.2) is 0 Å². The van der Waals surface area contributed by atoms with Crippen molar-refractivity contribution in [1.82, 2.24) is 20.6 Å². The van der Waals surface area contributed by atoms with E-state index in [0.29, 0.717) is 10.7 Å². The average Bonchev–Trinajstić information content (AvgIpc) is 3.31. The van der Waals surface area contributed by atoms with E-state index in [9.17, 15) is 29.4 Å². The van der Waals surface area contributed by atoms with Crippen molar-refractivity contribution in [1.29, 1.82) is 0 Å². The van der Waals surface area contributed by atoms with Crippen molar-refractivity contribution in [3.05, 3.63) is 10.6 Å². The van der Waals surface area contributed by atoms with Crippen molar-refractivity contribution < 1.29 is 34.2 Å². The summed E-state index contributed by atoms with van der Waals surface area (Å²) in [5, 5.41) is 26.6. The predicted molar refractivity (Wildman–Crippen MR) is 128 cm³/mol. The SMILES string of the molecule is CNC(=O)ON(C)C(=O)CCSC[C@@H]1C[C@H](SC2=C(C(=O)O)N3C(=O)[C@@H](C(C)O)[C@H]3[C@H]2C)CN1. The van der Waals surface area contributed by atoms with Crippen LogP contribution in [0.4, 0.5) is 4.79 Å². The summed E-state index contributed by atoms with van der Waals surface area (Å²) >= 11 is 3.14. The van der Waals surface area contributed by atoms with Crippen LogP contribution in [-0.4, -0.2) is 99.6 Å². The molecule has 3 aliphatic heterocycles. The van der Waals surface area contributed by atoms with Crippen LogP contribution in [0.15, 0.2) is 10.6 Å². The van der Waals surface area contributed by atoms with Crippen LogP contribution < -0.4 is 10.6 Å². The third kappa shape index (κ3) is 5.47. The van der Waals surface area contributed by atoms with Gasteiger partial charge in [-0.2, -0.15) is 16.8 Å². The lowest BCUT2D eigenvalue weighted by atomic mass is 9.79. The molecule has 0 radical (unpaired) electrons. The van der Waals surface area contributed by atoms with Crippen LogP contribution in [0.5, 0.6) is 0 Å². The van der Waals surface area contributed by atoms with Crippen molar-refractivity contribution in [3.8, 4) is 0 Å². The number of β-lactam (4-membered cyclic amide) rings is 1. The Morgan fingerprint density at radius 1 is 1.38 bits per heavy atom. The fourth-order valence-electron chi connectivity index (χ4n) is 4.62. The normalized spacial score (nSPS) is 28.9. The fourth-order valence-corrected chi connectivity index (χ4v) is 7.16. The zero-order chi connectivity index (χ0) is 25.2. The molecule has 3 heterocycles. The lowest BCUT2D eigenvalue weighted by molar-refractivity contribution is -0.163. The van der Waals surface area contributed by atoms with Crippen molar-refractivity contribution in [2.45, 2.75) is 50.1 Å². The Labute approximate surface area is 206 Å². The molecule has 0 spiro atoms. The maximum Gasteiger partial charge on any atom is 0.431 e. The third-order valence-electron chi connectivity index (χ3n) is 6.34. The van der Waals surface area contributed by atoms with Crippen molar-refractivity contribution in [2.75, 3.05) is 32.1 Å². The van der Waals surface area contributed by atoms with Gasteiger partial charge in [0.1, 0.15) is 5.70 Å². The predicted octanol–water partition coefficient (Wildman–Crippen LogP) is 0.457. The van der Waals surface area contributed by atoms with Crippen molar-refractivity contribution in [2.24, 2.45) is 11.8 Å². The first-order valence-corrected chi connectivity index (χ1v) is 13.2. The molecule has 0 aromatic carbocycles. The van der Waals surface area contributed by atoms with Crippen LogP contribution in [0.3, 0.4) is 0 Å². The minimum Gasteiger partial charge on any atom is -0.477 e. The molecule has 13 heteroatoms. The zero-order valence-electron chi connectivity index (χ0n) is 19.6. The molecule has 1 unspecified atom stereocenters. The highest BCUT2D eigenvalue weighted by molar-refractivity contribution is 8.03. The number of hydrogen-bond acceptors (Lipinski definition) is 9. The van der Waals surface area contributed by atoms with Gasteiger partial charge in [-0.05, 0) is 13.3 Å². The number of hydrogen-bond donors (Lipinski definition) is 4. The van der Waals surface area contributed by atoms with Crippen LogP contribution in [-0.2, 0) is 19.2 Å². The maximum atomic E-state index is 12.5. The molecule has 3 amide bonds. The first kappa shape index (κ1) is 26.6. The van der Waals surface area contributed by atoms with Crippen LogP contribution in [0.1, 0.15) is 26.7 Å². The zero-order valence-corrected chi connectivity index (χ0v) is 21.3. The molecule has 0 bridgehead atoms. The van der Waals surface area contributed by atoms with Gasteiger partial charge in [-0.1, -0.05) is 6.92 Å². The lowest BCUT2D eigenvalue weighted by Gasteiger charge is -2.46. The van der Waals surface area contributed by atoms with E-state index in [1.807, 2.05) is 6.92 Å². The van der Waals surface area contributed by atoms with Gasteiger partial charge in [-0.25, -0.2) is 9.59 Å². The minimum atomic E-state index is -1.11. The fraction of sp³-hybridized carbons (Fsp3) is 0.714. The summed E-state index contributed by atoms with van der Waals surface area (Å²) in [5.41, 5.74) is 0.0591. The number of nitrogens with zero attached hydrogens (tertiary/aromatic N) is 2. The molecule has 0 aromatic rings. The van der Waals surface area contributed by atoms with E-state index in [2.05, 4.69) is 10.6 Å². The smallest absolute Gasteiger partial charge is 0.431 e.